The number of halogens is 1. The Morgan fingerprint density at radius 3 is 2.71 bits per heavy atom. The van der Waals surface area contributed by atoms with Crippen LogP contribution in [-0.2, 0) is 4.79 Å². The first kappa shape index (κ1) is 16.7. The second-order valence-electron chi connectivity index (χ2n) is 5.70. The quantitative estimate of drug-likeness (QED) is 0.825. The van der Waals surface area contributed by atoms with Gasteiger partial charge >= 0.3 is 0 Å². The van der Waals surface area contributed by atoms with E-state index in [1.165, 1.54) is 0 Å². The topological polar surface area (TPSA) is 65.2 Å². The molecular weight excluding hydrogens is 346 g/mol. The van der Waals surface area contributed by atoms with E-state index < -0.39 is 0 Å². The van der Waals surface area contributed by atoms with E-state index in [0.717, 1.165) is 5.56 Å². The fourth-order valence-electron chi connectivity index (χ4n) is 2.96. The zero-order valence-electron chi connectivity index (χ0n) is 13.0. The van der Waals surface area contributed by atoms with E-state index >= 15 is 0 Å². The maximum absolute atomic E-state index is 12.5. The summed E-state index contributed by atoms with van der Waals surface area (Å²) in [5.41, 5.74) is 1.32. The maximum Gasteiger partial charge on any atom is 0.254 e. The molecule has 0 saturated carbocycles. The van der Waals surface area contributed by atoms with Gasteiger partial charge in [-0.1, -0.05) is 36.0 Å². The molecule has 2 amide bonds. The summed E-state index contributed by atoms with van der Waals surface area (Å²) in [6.07, 6.45) is 1.92. The van der Waals surface area contributed by atoms with Gasteiger partial charge in [0.1, 0.15) is 4.64 Å². The number of likely N-dealkylation sites (tertiary alicyclic amines) is 1. The third-order valence-corrected chi connectivity index (χ3v) is 4.77. The molecule has 5 nitrogen and oxygen atoms in total. The molecule has 0 spiro atoms. The summed E-state index contributed by atoms with van der Waals surface area (Å²) in [5, 5.41) is 3.57. The minimum Gasteiger partial charge on any atom is -0.352 e. The number of carbonyl (C=O) groups is 2. The Balaban J connectivity index is 1.87. The Hall–Kier alpha value is -2.18. The number of nitrogens with one attached hydrogen (secondary N) is 2. The van der Waals surface area contributed by atoms with Crippen molar-refractivity contribution in [3.05, 3.63) is 63.4 Å². The Bertz CT molecular complexity index is 834. The molecule has 0 bridgehead atoms. The van der Waals surface area contributed by atoms with Gasteiger partial charge in [0, 0.05) is 24.7 Å². The van der Waals surface area contributed by atoms with E-state index in [0.29, 0.717) is 15.2 Å². The highest BCUT2D eigenvalue weighted by Gasteiger charge is 2.39. The highest BCUT2D eigenvalue weighted by atomic mass is 35.5. The van der Waals surface area contributed by atoms with E-state index in [1.807, 2.05) is 12.1 Å². The van der Waals surface area contributed by atoms with Crippen molar-refractivity contribution in [2.45, 2.75) is 18.5 Å². The molecule has 0 aliphatic carbocycles. The van der Waals surface area contributed by atoms with Gasteiger partial charge in [-0.2, -0.15) is 0 Å². The van der Waals surface area contributed by atoms with Crippen molar-refractivity contribution >= 4 is 35.6 Å². The van der Waals surface area contributed by atoms with Crippen LogP contribution in [0.15, 0.2) is 42.6 Å². The van der Waals surface area contributed by atoms with Gasteiger partial charge < -0.3 is 15.2 Å². The maximum atomic E-state index is 12.5. The molecule has 2 atom stereocenters. The molecule has 1 aliphatic heterocycles. The van der Waals surface area contributed by atoms with Crippen molar-refractivity contribution < 1.29 is 9.59 Å². The molecule has 2 N–H and O–H groups in total. The van der Waals surface area contributed by atoms with Gasteiger partial charge in [0.05, 0.1) is 17.6 Å². The van der Waals surface area contributed by atoms with Crippen LogP contribution < -0.4 is 5.32 Å². The number of nitrogens with zero attached hydrogens (tertiary/aromatic N) is 1. The standard InChI is InChI=1S/C17H16ClN3O2S/c1-21-14(22)9-13(15(21)10-4-6-11(18)7-5-10)20-16(23)12-3-2-8-19-17(12)24/h2-8,13,15H,9H2,1H3,(H,19,24)(H,20,23). The van der Waals surface area contributed by atoms with Crippen LogP contribution in [0.2, 0.25) is 5.02 Å². The number of hydrogen-bond donors (Lipinski definition) is 2. The fraction of sp³-hybridized carbons (Fsp3) is 0.235. The van der Waals surface area contributed by atoms with Gasteiger partial charge in [0.2, 0.25) is 5.91 Å². The average molecular weight is 362 g/mol. The van der Waals surface area contributed by atoms with Crippen LogP contribution in [0.25, 0.3) is 0 Å². The SMILES string of the molecule is CN1C(=O)CC(NC(=O)c2ccc[nH]c2=S)C1c1ccc(Cl)cc1. The minimum absolute atomic E-state index is 0.0153. The van der Waals surface area contributed by atoms with Gasteiger partial charge in [0.15, 0.2) is 0 Å². The van der Waals surface area contributed by atoms with Crippen LogP contribution in [-0.4, -0.2) is 34.8 Å². The van der Waals surface area contributed by atoms with Crippen LogP contribution in [0.5, 0.6) is 0 Å². The average Bonchev–Trinajstić information content (AvgIpc) is 2.83. The molecule has 0 radical (unpaired) electrons. The number of aromatic amines is 1. The van der Waals surface area contributed by atoms with Crippen LogP contribution >= 0.6 is 23.8 Å². The first-order chi connectivity index (χ1) is 11.5. The Morgan fingerprint density at radius 2 is 2.04 bits per heavy atom. The van der Waals surface area contributed by atoms with Crippen LogP contribution in [0.1, 0.15) is 28.4 Å². The monoisotopic (exact) mass is 361 g/mol. The van der Waals surface area contributed by atoms with E-state index in [-0.39, 0.29) is 30.3 Å². The van der Waals surface area contributed by atoms with Crippen molar-refractivity contribution in [1.29, 1.82) is 0 Å². The number of rotatable bonds is 3. The van der Waals surface area contributed by atoms with Crippen LogP contribution in [0, 0.1) is 4.64 Å². The van der Waals surface area contributed by atoms with Gasteiger partial charge in [-0.15, -0.1) is 0 Å². The molecular formula is C17H16ClN3O2S. The molecule has 7 heteroatoms. The number of carbonyl (C=O) groups excluding carboxylic acids is 2. The first-order valence-corrected chi connectivity index (χ1v) is 8.25. The van der Waals surface area contributed by atoms with E-state index in [1.54, 1.807) is 42.4 Å². The van der Waals surface area contributed by atoms with Crippen molar-refractivity contribution in [2.24, 2.45) is 0 Å². The predicted molar refractivity (Wildman–Crippen MR) is 94.5 cm³/mol. The Morgan fingerprint density at radius 1 is 1.33 bits per heavy atom. The summed E-state index contributed by atoms with van der Waals surface area (Å²) < 4.78 is 0.371. The second kappa shape index (κ2) is 6.75. The smallest absolute Gasteiger partial charge is 0.254 e. The number of H-pyrrole nitrogens is 1. The zero-order valence-corrected chi connectivity index (χ0v) is 14.5. The normalized spacial score (nSPS) is 20.2. The largest absolute Gasteiger partial charge is 0.352 e. The van der Waals surface area contributed by atoms with Crippen LogP contribution in [0.4, 0.5) is 0 Å². The van der Waals surface area contributed by atoms with E-state index in [4.69, 9.17) is 23.8 Å². The molecule has 2 aromatic rings. The summed E-state index contributed by atoms with van der Waals surface area (Å²) in [4.78, 5) is 29.1. The van der Waals surface area contributed by atoms with Crippen molar-refractivity contribution in [3.8, 4) is 0 Å². The number of amides is 2. The lowest BCUT2D eigenvalue weighted by Crippen LogP contribution is -2.39. The van der Waals surface area contributed by atoms with Crippen molar-refractivity contribution in [2.75, 3.05) is 7.05 Å². The molecule has 1 aromatic heterocycles. The summed E-state index contributed by atoms with van der Waals surface area (Å²) in [6, 6.07) is 10.1. The summed E-state index contributed by atoms with van der Waals surface area (Å²) >= 11 is 11.1. The lowest BCUT2D eigenvalue weighted by molar-refractivity contribution is -0.127. The molecule has 1 aromatic carbocycles. The van der Waals surface area contributed by atoms with Gasteiger partial charge in [0.25, 0.3) is 5.91 Å². The van der Waals surface area contributed by atoms with Crippen LogP contribution in [0.3, 0.4) is 0 Å². The molecule has 24 heavy (non-hydrogen) atoms. The number of benzene rings is 1. The number of likely N-dealkylation sites (N-methyl/N-ethyl adjacent to an activating group) is 1. The molecule has 2 heterocycles. The molecule has 3 rings (SSSR count). The Kier molecular flexibility index (Phi) is 4.69. The number of aromatic nitrogens is 1. The third-order valence-electron chi connectivity index (χ3n) is 4.18. The Labute approximate surface area is 149 Å². The van der Waals surface area contributed by atoms with Gasteiger partial charge in [-0.3, -0.25) is 9.59 Å². The summed E-state index contributed by atoms with van der Waals surface area (Å²) in [7, 11) is 1.74. The summed E-state index contributed by atoms with van der Waals surface area (Å²) in [5.74, 6) is -0.303. The fourth-order valence-corrected chi connectivity index (χ4v) is 3.32. The highest BCUT2D eigenvalue weighted by molar-refractivity contribution is 7.71. The van der Waals surface area contributed by atoms with Gasteiger partial charge in [-0.25, -0.2) is 0 Å². The highest BCUT2D eigenvalue weighted by Crippen LogP contribution is 2.32. The first-order valence-electron chi connectivity index (χ1n) is 7.47. The number of hydrogen-bond acceptors (Lipinski definition) is 3. The van der Waals surface area contributed by atoms with E-state index in [9.17, 15) is 9.59 Å². The van der Waals surface area contributed by atoms with Gasteiger partial charge in [-0.05, 0) is 29.8 Å². The minimum atomic E-state index is -0.328. The van der Waals surface area contributed by atoms with Crippen molar-refractivity contribution in [1.82, 2.24) is 15.2 Å². The second-order valence-corrected chi connectivity index (χ2v) is 6.54. The summed E-state index contributed by atoms with van der Waals surface area (Å²) in [6.45, 7) is 0. The molecule has 1 aliphatic rings. The predicted octanol–water partition coefficient (Wildman–Crippen LogP) is 3.10. The lowest BCUT2D eigenvalue weighted by atomic mass is 10.00. The molecule has 1 fully saturated rings. The molecule has 2 unspecified atom stereocenters. The zero-order chi connectivity index (χ0) is 17.3. The van der Waals surface area contributed by atoms with E-state index in [2.05, 4.69) is 10.3 Å². The molecule has 124 valence electrons. The number of pyridine rings is 1. The molecule has 1 saturated heterocycles. The van der Waals surface area contributed by atoms with Crippen molar-refractivity contribution in [3.63, 3.8) is 0 Å². The third kappa shape index (κ3) is 3.20. The lowest BCUT2D eigenvalue weighted by Gasteiger charge is -2.26.